The van der Waals surface area contributed by atoms with Crippen LogP contribution in [-0.4, -0.2) is 31.1 Å². The van der Waals surface area contributed by atoms with E-state index in [0.29, 0.717) is 12.1 Å². The zero-order valence-electron chi connectivity index (χ0n) is 13.9. The van der Waals surface area contributed by atoms with Crippen LogP contribution in [0.15, 0.2) is 48.5 Å². The number of halogens is 3. The summed E-state index contributed by atoms with van der Waals surface area (Å²) in [5.41, 5.74) is 0.705. The number of benzene rings is 2. The van der Waals surface area contributed by atoms with Crippen molar-refractivity contribution in [3.63, 3.8) is 0 Å². The highest BCUT2D eigenvalue weighted by atomic mass is 19.4. The lowest BCUT2D eigenvalue weighted by molar-refractivity contribution is -0.139. The van der Waals surface area contributed by atoms with Crippen LogP contribution in [0.4, 0.5) is 13.2 Å². The number of nitrogens with zero attached hydrogens (tertiary/aromatic N) is 1. The fourth-order valence-electron chi connectivity index (χ4n) is 2.94. The smallest absolute Gasteiger partial charge is 0.419 e. The van der Waals surface area contributed by atoms with Crippen molar-refractivity contribution in [1.29, 1.82) is 0 Å². The first kappa shape index (κ1) is 17.8. The average molecular weight is 350 g/mol. The number of ether oxygens (including phenoxy) is 1. The van der Waals surface area contributed by atoms with E-state index >= 15 is 0 Å². The molecule has 3 rings (SSSR count). The maximum atomic E-state index is 13.4. The van der Waals surface area contributed by atoms with Crippen molar-refractivity contribution in [3.05, 3.63) is 65.2 Å². The summed E-state index contributed by atoms with van der Waals surface area (Å²) < 4.78 is 45.9. The van der Waals surface area contributed by atoms with E-state index in [9.17, 15) is 13.2 Å². The molecule has 0 radical (unpaired) electrons. The van der Waals surface area contributed by atoms with Gasteiger partial charge in [-0.05, 0) is 11.6 Å². The first-order valence-electron chi connectivity index (χ1n) is 8.33. The number of rotatable bonds is 5. The Bertz CT molecular complexity index is 683. The van der Waals surface area contributed by atoms with E-state index in [2.05, 4.69) is 10.2 Å². The predicted octanol–water partition coefficient (Wildman–Crippen LogP) is 3.69. The van der Waals surface area contributed by atoms with Crippen LogP contribution in [-0.2, 0) is 19.3 Å². The summed E-state index contributed by atoms with van der Waals surface area (Å²) in [5, 5.41) is 3.24. The summed E-state index contributed by atoms with van der Waals surface area (Å²) >= 11 is 0. The average Bonchev–Trinajstić information content (AvgIpc) is 2.61. The second-order valence-electron chi connectivity index (χ2n) is 6.09. The fraction of sp³-hybridized carbons (Fsp3) is 0.368. The van der Waals surface area contributed by atoms with E-state index in [1.165, 1.54) is 6.07 Å². The Hall–Kier alpha value is -2.05. The van der Waals surface area contributed by atoms with Gasteiger partial charge in [-0.1, -0.05) is 42.5 Å². The molecule has 2 aromatic rings. The Morgan fingerprint density at radius 1 is 0.960 bits per heavy atom. The first-order chi connectivity index (χ1) is 12.0. The lowest BCUT2D eigenvalue weighted by Crippen LogP contribution is -2.43. The molecule has 6 heteroatoms. The number of para-hydroxylation sites is 1. The second kappa shape index (κ2) is 7.89. The molecule has 3 nitrogen and oxygen atoms in total. The van der Waals surface area contributed by atoms with Gasteiger partial charge in [-0.2, -0.15) is 13.2 Å². The molecular weight excluding hydrogens is 329 g/mol. The number of nitrogens with one attached hydrogen (secondary N) is 1. The molecule has 0 bridgehead atoms. The molecule has 1 aliphatic rings. The zero-order valence-corrected chi connectivity index (χ0v) is 13.9. The summed E-state index contributed by atoms with van der Waals surface area (Å²) in [6.07, 6.45) is -4.44. The highest BCUT2D eigenvalue weighted by Gasteiger charge is 2.35. The third-order valence-corrected chi connectivity index (χ3v) is 4.23. The Morgan fingerprint density at radius 3 is 2.36 bits per heavy atom. The molecule has 0 saturated carbocycles. The van der Waals surface area contributed by atoms with Gasteiger partial charge in [0.25, 0.3) is 0 Å². The van der Waals surface area contributed by atoms with Crippen LogP contribution in [0.25, 0.3) is 0 Å². The van der Waals surface area contributed by atoms with Crippen molar-refractivity contribution >= 4 is 0 Å². The molecule has 1 saturated heterocycles. The minimum absolute atomic E-state index is 0.0580. The van der Waals surface area contributed by atoms with Gasteiger partial charge in [-0.15, -0.1) is 0 Å². The van der Waals surface area contributed by atoms with E-state index in [4.69, 9.17) is 4.74 Å². The van der Waals surface area contributed by atoms with Gasteiger partial charge in [-0.25, -0.2) is 0 Å². The maximum Gasteiger partial charge on any atom is 0.419 e. The molecular formula is C19H21F3N2O. The lowest BCUT2D eigenvalue weighted by Gasteiger charge is -2.28. The van der Waals surface area contributed by atoms with Gasteiger partial charge in [0.15, 0.2) is 0 Å². The SMILES string of the molecule is FC(F)(F)c1cccc(CN2CCNCC2)c1OCc1ccccc1. The standard InChI is InChI=1S/C19H21F3N2O/c20-19(21,22)17-8-4-7-16(13-24-11-9-23-10-12-24)18(17)25-14-15-5-2-1-3-6-15/h1-8,23H,9-14H2. The highest BCUT2D eigenvalue weighted by molar-refractivity contribution is 5.43. The van der Waals surface area contributed by atoms with E-state index in [1.807, 2.05) is 30.3 Å². The van der Waals surface area contributed by atoms with Crippen molar-refractivity contribution in [2.45, 2.75) is 19.3 Å². The molecule has 1 aliphatic heterocycles. The van der Waals surface area contributed by atoms with Gasteiger partial charge < -0.3 is 10.1 Å². The summed E-state index contributed by atoms with van der Waals surface area (Å²) in [7, 11) is 0. The minimum atomic E-state index is -4.44. The van der Waals surface area contributed by atoms with Crippen LogP contribution < -0.4 is 10.1 Å². The van der Waals surface area contributed by atoms with Gasteiger partial charge in [0, 0.05) is 38.3 Å². The number of alkyl halides is 3. The summed E-state index contributed by atoms with van der Waals surface area (Å²) in [4.78, 5) is 2.14. The first-order valence-corrected chi connectivity index (χ1v) is 8.33. The van der Waals surface area contributed by atoms with Crippen molar-refractivity contribution < 1.29 is 17.9 Å². The largest absolute Gasteiger partial charge is 0.488 e. The Morgan fingerprint density at radius 2 is 1.68 bits per heavy atom. The van der Waals surface area contributed by atoms with Gasteiger partial charge in [0.05, 0.1) is 5.56 Å². The molecule has 25 heavy (non-hydrogen) atoms. The molecule has 1 heterocycles. The van der Waals surface area contributed by atoms with Crippen LogP contribution in [0.3, 0.4) is 0 Å². The Kier molecular flexibility index (Phi) is 5.60. The number of hydrogen-bond acceptors (Lipinski definition) is 3. The monoisotopic (exact) mass is 350 g/mol. The predicted molar refractivity (Wildman–Crippen MR) is 90.4 cm³/mol. The third kappa shape index (κ3) is 4.74. The van der Waals surface area contributed by atoms with Gasteiger partial charge >= 0.3 is 6.18 Å². The molecule has 1 N–H and O–H groups in total. The molecule has 0 amide bonds. The maximum absolute atomic E-state index is 13.4. The van der Waals surface area contributed by atoms with E-state index in [-0.39, 0.29) is 12.4 Å². The number of hydrogen-bond donors (Lipinski definition) is 1. The van der Waals surface area contributed by atoms with E-state index in [1.54, 1.807) is 6.07 Å². The number of piperazine rings is 1. The van der Waals surface area contributed by atoms with Crippen LogP contribution >= 0.6 is 0 Å². The summed E-state index contributed by atoms with van der Waals surface area (Å²) in [6, 6.07) is 13.5. The summed E-state index contributed by atoms with van der Waals surface area (Å²) in [6.45, 7) is 3.89. The minimum Gasteiger partial charge on any atom is -0.488 e. The van der Waals surface area contributed by atoms with E-state index in [0.717, 1.165) is 37.8 Å². The topological polar surface area (TPSA) is 24.5 Å². The molecule has 0 unspecified atom stereocenters. The molecule has 0 spiro atoms. The van der Waals surface area contributed by atoms with Gasteiger partial charge in [0.2, 0.25) is 0 Å². The molecule has 2 aromatic carbocycles. The molecule has 1 fully saturated rings. The lowest BCUT2D eigenvalue weighted by atomic mass is 10.1. The van der Waals surface area contributed by atoms with Gasteiger partial charge in [-0.3, -0.25) is 4.90 Å². The van der Waals surface area contributed by atoms with Crippen LogP contribution in [0, 0.1) is 0 Å². The highest BCUT2D eigenvalue weighted by Crippen LogP contribution is 2.39. The summed E-state index contributed by atoms with van der Waals surface area (Å²) in [5.74, 6) is -0.0580. The Balaban J connectivity index is 1.85. The van der Waals surface area contributed by atoms with Crippen molar-refractivity contribution in [1.82, 2.24) is 10.2 Å². The Labute approximate surface area is 145 Å². The van der Waals surface area contributed by atoms with Gasteiger partial charge in [0.1, 0.15) is 12.4 Å². The van der Waals surface area contributed by atoms with Crippen LogP contribution in [0.5, 0.6) is 5.75 Å². The van der Waals surface area contributed by atoms with Crippen molar-refractivity contribution in [3.8, 4) is 5.75 Å². The van der Waals surface area contributed by atoms with E-state index < -0.39 is 11.7 Å². The zero-order chi connectivity index (χ0) is 17.7. The van der Waals surface area contributed by atoms with Crippen LogP contribution in [0.1, 0.15) is 16.7 Å². The molecule has 134 valence electrons. The second-order valence-corrected chi connectivity index (χ2v) is 6.09. The molecule has 0 atom stereocenters. The quantitative estimate of drug-likeness (QED) is 0.890. The fourth-order valence-corrected chi connectivity index (χ4v) is 2.94. The van der Waals surface area contributed by atoms with Crippen molar-refractivity contribution in [2.24, 2.45) is 0 Å². The van der Waals surface area contributed by atoms with Crippen molar-refractivity contribution in [2.75, 3.05) is 26.2 Å². The molecule has 0 aliphatic carbocycles. The van der Waals surface area contributed by atoms with Crippen LogP contribution in [0.2, 0.25) is 0 Å². The third-order valence-electron chi connectivity index (χ3n) is 4.23. The normalized spacial score (nSPS) is 16.0. The molecule has 0 aromatic heterocycles.